The van der Waals surface area contributed by atoms with Crippen molar-refractivity contribution in [1.29, 1.82) is 0 Å². The van der Waals surface area contributed by atoms with Crippen LogP contribution in [0.25, 0.3) is 0 Å². The first kappa shape index (κ1) is 40.9. The minimum Gasteiger partial charge on any atom is -0.446 e. The summed E-state index contributed by atoms with van der Waals surface area (Å²) in [5.74, 6) is -3.62. The van der Waals surface area contributed by atoms with E-state index >= 15 is 0 Å². The maximum atomic E-state index is 14.5. The second-order valence-corrected chi connectivity index (χ2v) is 17.1. The monoisotopic (exact) mass is 824 g/mol. The van der Waals surface area contributed by atoms with E-state index in [2.05, 4.69) is 27.3 Å². The predicted molar refractivity (Wildman–Crippen MR) is 206 cm³/mol. The first-order chi connectivity index (χ1) is 27.9. The number of nitrogens with one attached hydrogen (secondary N) is 4. The molecule has 3 heterocycles. The van der Waals surface area contributed by atoms with Crippen molar-refractivity contribution in [2.75, 3.05) is 31.6 Å². The van der Waals surface area contributed by atoms with Crippen molar-refractivity contribution in [2.24, 2.45) is 5.92 Å². The zero-order valence-electron chi connectivity index (χ0n) is 32.1. The van der Waals surface area contributed by atoms with E-state index in [9.17, 15) is 36.8 Å². The molecule has 5 aliphatic rings. The van der Waals surface area contributed by atoms with Gasteiger partial charge in [-0.15, -0.1) is 6.58 Å². The van der Waals surface area contributed by atoms with Gasteiger partial charge in [0.25, 0.3) is 15.9 Å². The molecule has 0 bridgehead atoms. The van der Waals surface area contributed by atoms with Crippen molar-refractivity contribution in [2.45, 2.75) is 106 Å². The molecule has 4 N–H and O–H groups in total. The van der Waals surface area contributed by atoms with E-state index in [1.54, 1.807) is 24.3 Å². The molecule has 0 radical (unpaired) electrons. The second-order valence-electron chi connectivity index (χ2n) is 15.5. The van der Waals surface area contributed by atoms with Gasteiger partial charge in [-0.25, -0.2) is 27.1 Å². The van der Waals surface area contributed by atoms with E-state index < -0.39 is 75.4 Å². The van der Waals surface area contributed by atoms with Crippen LogP contribution >= 0.6 is 0 Å². The lowest BCUT2D eigenvalue weighted by Gasteiger charge is -2.30. The zero-order chi connectivity index (χ0) is 41.0. The molecule has 0 unspecified atom stereocenters. The van der Waals surface area contributed by atoms with Gasteiger partial charge in [0.2, 0.25) is 11.8 Å². The standard InChI is InChI=1S/C40H49FN6O10S/c1-2-26-20-40(26)37(50)45-58(53,54)34-16-7-6-15-31(34)42-17-8-3-9-18-55-24-32(43-38(51)56-27-12-4-5-13-27)36(49)47-22-28(19-33(47)35(48)44-40)57-39(52)46-21-25-11-10-14-30(41)29(25)23-46/h2,6-7,10-11,14-16,26-28,32-33,42H,1,3-5,8-9,12-13,17-24H2,(H,43,51)(H,44,48)(H,45,50)/t26-,28-,32-,33+,40-/m1/s1. The quantitative estimate of drug-likeness (QED) is 0.329. The summed E-state index contributed by atoms with van der Waals surface area (Å²) in [6.45, 7) is 3.96. The number of anilines is 1. The molecule has 0 aromatic heterocycles. The molecule has 312 valence electrons. The average Bonchev–Trinajstić information content (AvgIpc) is 3.59. The molecule has 16 nitrogen and oxygen atoms in total. The second kappa shape index (κ2) is 17.3. The van der Waals surface area contributed by atoms with Gasteiger partial charge in [0.1, 0.15) is 40.5 Å². The van der Waals surface area contributed by atoms with Gasteiger partial charge < -0.3 is 35.1 Å². The lowest BCUT2D eigenvalue weighted by atomic mass is 10.1. The number of halogens is 1. The van der Waals surface area contributed by atoms with Crippen molar-refractivity contribution in [1.82, 2.24) is 25.2 Å². The molecule has 5 amide bonds. The first-order valence-electron chi connectivity index (χ1n) is 19.8. The third kappa shape index (κ3) is 8.92. The molecule has 5 atom stereocenters. The highest BCUT2D eigenvalue weighted by Gasteiger charge is 2.61. The van der Waals surface area contributed by atoms with Crippen LogP contribution in [0.5, 0.6) is 0 Å². The number of benzene rings is 2. The highest BCUT2D eigenvalue weighted by atomic mass is 32.2. The van der Waals surface area contributed by atoms with Crippen LogP contribution in [0.15, 0.2) is 60.0 Å². The van der Waals surface area contributed by atoms with Crippen molar-refractivity contribution < 1.29 is 51.0 Å². The van der Waals surface area contributed by atoms with E-state index in [1.165, 1.54) is 34.1 Å². The molecular weight excluding hydrogens is 776 g/mol. The average molecular weight is 825 g/mol. The van der Waals surface area contributed by atoms with E-state index in [-0.39, 0.29) is 56.7 Å². The maximum absolute atomic E-state index is 14.5. The van der Waals surface area contributed by atoms with E-state index in [4.69, 9.17) is 14.2 Å². The maximum Gasteiger partial charge on any atom is 0.410 e. The summed E-state index contributed by atoms with van der Waals surface area (Å²) in [6.07, 6.45) is 3.44. The summed E-state index contributed by atoms with van der Waals surface area (Å²) in [5, 5.41) is 8.47. The molecule has 2 aromatic carbocycles. The Bertz CT molecular complexity index is 2050. The van der Waals surface area contributed by atoms with Gasteiger partial charge in [0.05, 0.1) is 25.4 Å². The molecule has 2 aromatic rings. The third-order valence-electron chi connectivity index (χ3n) is 11.5. The Balaban J connectivity index is 1.16. The molecule has 1 spiro atoms. The number of para-hydroxylation sites is 1. The summed E-state index contributed by atoms with van der Waals surface area (Å²) in [4.78, 5) is 71.7. The van der Waals surface area contributed by atoms with Crippen molar-refractivity contribution >= 4 is 45.6 Å². The number of ether oxygens (including phenoxy) is 3. The Labute approximate surface area is 336 Å². The third-order valence-corrected chi connectivity index (χ3v) is 12.9. The highest BCUT2D eigenvalue weighted by Crippen LogP contribution is 2.45. The topological polar surface area (TPSA) is 202 Å². The number of fused-ring (bicyclic) bond motifs is 3. The molecular formula is C40H49FN6O10S. The summed E-state index contributed by atoms with van der Waals surface area (Å²) in [7, 11) is -4.44. The van der Waals surface area contributed by atoms with Crippen LogP contribution in [-0.2, 0) is 51.7 Å². The smallest absolute Gasteiger partial charge is 0.410 e. The van der Waals surface area contributed by atoms with Gasteiger partial charge >= 0.3 is 12.2 Å². The highest BCUT2D eigenvalue weighted by molar-refractivity contribution is 7.90. The fourth-order valence-electron chi connectivity index (χ4n) is 8.19. The van der Waals surface area contributed by atoms with Crippen LogP contribution < -0.4 is 20.7 Å². The number of amides is 5. The zero-order valence-corrected chi connectivity index (χ0v) is 32.9. The Morgan fingerprint density at radius 2 is 1.78 bits per heavy atom. The molecule has 2 saturated carbocycles. The minimum absolute atomic E-state index is 0.0275. The first-order valence-corrected chi connectivity index (χ1v) is 21.3. The molecule has 1 saturated heterocycles. The normalized spacial score (nSPS) is 27.9. The summed E-state index contributed by atoms with van der Waals surface area (Å²) in [5.41, 5.74) is -0.435. The van der Waals surface area contributed by atoms with Crippen LogP contribution in [0.4, 0.5) is 19.7 Å². The van der Waals surface area contributed by atoms with Gasteiger partial charge in [0.15, 0.2) is 0 Å². The Morgan fingerprint density at radius 3 is 2.53 bits per heavy atom. The Morgan fingerprint density at radius 1 is 0.983 bits per heavy atom. The number of hydrogen-bond acceptors (Lipinski definition) is 11. The lowest BCUT2D eigenvalue weighted by Crippen LogP contribution is -2.58. The Kier molecular flexibility index (Phi) is 12.2. The molecule has 3 fully saturated rings. The Hall–Kier alpha value is -5.23. The van der Waals surface area contributed by atoms with Crippen LogP contribution in [0.2, 0.25) is 0 Å². The van der Waals surface area contributed by atoms with Crippen LogP contribution in [-0.4, -0.2) is 104 Å². The molecule has 7 rings (SSSR count). The predicted octanol–water partition coefficient (Wildman–Crippen LogP) is 3.46. The summed E-state index contributed by atoms with van der Waals surface area (Å²) < 4.78 is 61.3. The van der Waals surface area contributed by atoms with Gasteiger partial charge in [-0.1, -0.05) is 30.3 Å². The van der Waals surface area contributed by atoms with Crippen molar-refractivity contribution in [3.8, 4) is 0 Å². The van der Waals surface area contributed by atoms with Crippen LogP contribution in [0.1, 0.15) is 68.9 Å². The van der Waals surface area contributed by atoms with E-state index in [0.29, 0.717) is 55.5 Å². The molecule has 18 heteroatoms. The van der Waals surface area contributed by atoms with Gasteiger partial charge in [-0.05, 0) is 75.1 Å². The van der Waals surface area contributed by atoms with Crippen LogP contribution in [0, 0.1) is 11.7 Å². The van der Waals surface area contributed by atoms with Crippen molar-refractivity contribution in [3.05, 3.63) is 72.1 Å². The summed E-state index contributed by atoms with van der Waals surface area (Å²) in [6, 6.07) is 8.10. The van der Waals surface area contributed by atoms with Gasteiger partial charge in [-0.3, -0.25) is 19.3 Å². The summed E-state index contributed by atoms with van der Waals surface area (Å²) >= 11 is 0. The molecule has 58 heavy (non-hydrogen) atoms. The van der Waals surface area contributed by atoms with E-state index in [0.717, 1.165) is 12.8 Å². The van der Waals surface area contributed by atoms with Crippen LogP contribution in [0.3, 0.4) is 0 Å². The number of carbonyl (C=O) groups excluding carboxylic acids is 5. The molecule has 3 aliphatic heterocycles. The fourth-order valence-corrected chi connectivity index (χ4v) is 9.42. The number of rotatable bonds is 4. The number of hydrogen-bond donors (Lipinski definition) is 4. The fraction of sp³-hybridized carbons (Fsp3) is 0.525. The number of sulfonamides is 1. The van der Waals surface area contributed by atoms with Gasteiger partial charge in [-0.2, -0.15) is 0 Å². The SMILES string of the molecule is C=C[C@@H]1C[C@@]12NC(=O)[C@@H]1C[C@@H](OC(=O)N3Cc4cccc(F)c4C3)CN1C(=O)[C@H](NC(=O)OC1CCCC1)COCCCCCNc1ccccc1S(=O)(=O)NC2=O. The number of carbonyl (C=O) groups is 5. The lowest BCUT2D eigenvalue weighted by molar-refractivity contribution is -0.142. The van der Waals surface area contributed by atoms with E-state index in [1.807, 2.05) is 0 Å². The van der Waals surface area contributed by atoms with Gasteiger partial charge in [0, 0.05) is 37.6 Å². The largest absolute Gasteiger partial charge is 0.446 e. The molecule has 2 aliphatic carbocycles. The van der Waals surface area contributed by atoms with Crippen molar-refractivity contribution in [3.63, 3.8) is 0 Å². The number of nitrogens with zero attached hydrogens (tertiary/aromatic N) is 2. The number of alkyl carbamates (subject to hydrolysis) is 1. The minimum atomic E-state index is -4.44.